The van der Waals surface area contributed by atoms with Gasteiger partial charge in [0.1, 0.15) is 0 Å². The van der Waals surface area contributed by atoms with Gasteiger partial charge in [0.15, 0.2) is 5.82 Å². The molecule has 8 heteroatoms. The van der Waals surface area contributed by atoms with E-state index in [0.717, 1.165) is 19.5 Å². The third-order valence-electron chi connectivity index (χ3n) is 3.90. The first-order chi connectivity index (χ1) is 10.7. The van der Waals surface area contributed by atoms with Crippen LogP contribution in [0.5, 0.6) is 0 Å². The van der Waals surface area contributed by atoms with Crippen LogP contribution in [0, 0.1) is 0 Å². The van der Waals surface area contributed by atoms with Crippen LogP contribution in [-0.4, -0.2) is 71.8 Å². The molecule has 1 fully saturated rings. The van der Waals surface area contributed by atoms with Gasteiger partial charge in [-0.25, -0.2) is 0 Å². The molecule has 1 aliphatic rings. The van der Waals surface area contributed by atoms with Gasteiger partial charge in [-0.1, -0.05) is 12.1 Å². The third kappa shape index (κ3) is 4.49. The van der Waals surface area contributed by atoms with Crippen LogP contribution < -0.4 is 5.73 Å². The first-order valence-electron chi connectivity index (χ1n) is 7.70. The molecule has 0 bridgehead atoms. The summed E-state index contributed by atoms with van der Waals surface area (Å²) >= 11 is 0. The zero-order valence-electron chi connectivity index (χ0n) is 13.3. The lowest BCUT2D eigenvalue weighted by Crippen LogP contribution is -2.49. The number of nitrogens with two attached hydrogens (primary N) is 1. The Kier molecular flexibility index (Phi) is 6.29. The molecule has 1 aliphatic heterocycles. The number of methoxy groups -OCH3 is 1. The number of rotatable bonds is 7. The maximum atomic E-state index is 12.2. The summed E-state index contributed by atoms with van der Waals surface area (Å²) in [6, 6.07) is 0. The molecule has 2 N–H and O–H groups in total. The second-order valence-corrected chi connectivity index (χ2v) is 5.41. The van der Waals surface area contributed by atoms with Crippen molar-refractivity contribution in [1.29, 1.82) is 0 Å². The van der Waals surface area contributed by atoms with Crippen molar-refractivity contribution in [3.63, 3.8) is 0 Å². The van der Waals surface area contributed by atoms with Crippen molar-refractivity contribution in [2.75, 3.05) is 39.8 Å². The van der Waals surface area contributed by atoms with E-state index in [9.17, 15) is 4.79 Å². The standard InChI is InChI=1S/C14H25N5O3/c1-3-13-16-12(17-22-13)10-18-4-6-19(7-5-18)14(20)8-11(9-15)21-2/h11H,3-10,15H2,1-2H3. The number of nitrogens with zero attached hydrogens (tertiary/aromatic N) is 4. The van der Waals surface area contributed by atoms with Crippen LogP contribution in [0.2, 0.25) is 0 Å². The van der Waals surface area contributed by atoms with E-state index in [0.29, 0.717) is 44.3 Å². The number of carbonyl (C=O) groups excluding carboxylic acids is 1. The number of hydrogen-bond acceptors (Lipinski definition) is 7. The SMILES string of the molecule is CCc1nc(CN2CCN(C(=O)CC(CN)OC)CC2)no1. The number of aryl methyl sites for hydroxylation is 1. The van der Waals surface area contributed by atoms with Gasteiger partial charge in [-0.05, 0) is 0 Å². The Morgan fingerprint density at radius 1 is 1.41 bits per heavy atom. The van der Waals surface area contributed by atoms with E-state index >= 15 is 0 Å². The average molecular weight is 311 g/mol. The molecule has 2 rings (SSSR count). The minimum atomic E-state index is -0.197. The van der Waals surface area contributed by atoms with Gasteiger partial charge in [-0.2, -0.15) is 4.98 Å². The molecule has 124 valence electrons. The van der Waals surface area contributed by atoms with Gasteiger partial charge in [0, 0.05) is 46.3 Å². The number of hydrogen-bond donors (Lipinski definition) is 1. The molecular weight excluding hydrogens is 286 g/mol. The van der Waals surface area contributed by atoms with E-state index in [1.54, 1.807) is 7.11 Å². The van der Waals surface area contributed by atoms with Gasteiger partial charge in [0.2, 0.25) is 11.8 Å². The van der Waals surface area contributed by atoms with Crippen LogP contribution in [-0.2, 0) is 22.5 Å². The Labute approximate surface area is 130 Å². The predicted molar refractivity (Wildman–Crippen MR) is 80.0 cm³/mol. The number of carbonyl (C=O) groups is 1. The van der Waals surface area contributed by atoms with Crippen LogP contribution >= 0.6 is 0 Å². The van der Waals surface area contributed by atoms with Crippen molar-refractivity contribution in [3.8, 4) is 0 Å². The fourth-order valence-corrected chi connectivity index (χ4v) is 2.44. The molecule has 1 aromatic rings. The van der Waals surface area contributed by atoms with E-state index in [-0.39, 0.29) is 12.0 Å². The molecule has 2 heterocycles. The molecule has 0 radical (unpaired) electrons. The summed E-state index contributed by atoms with van der Waals surface area (Å²) < 4.78 is 10.3. The molecule has 0 aliphatic carbocycles. The van der Waals surface area contributed by atoms with Crippen molar-refractivity contribution in [2.45, 2.75) is 32.4 Å². The van der Waals surface area contributed by atoms with E-state index in [4.69, 9.17) is 15.0 Å². The Bertz CT molecular complexity index is 467. The molecule has 1 atom stereocenters. The van der Waals surface area contributed by atoms with E-state index < -0.39 is 0 Å². The second kappa shape index (κ2) is 8.21. The lowest BCUT2D eigenvalue weighted by Gasteiger charge is -2.34. The highest BCUT2D eigenvalue weighted by Crippen LogP contribution is 2.09. The van der Waals surface area contributed by atoms with Gasteiger partial charge in [-0.3, -0.25) is 9.69 Å². The predicted octanol–water partition coefficient (Wildman–Crippen LogP) is -0.360. The molecular formula is C14H25N5O3. The molecule has 8 nitrogen and oxygen atoms in total. The van der Waals surface area contributed by atoms with Crippen LogP contribution in [0.25, 0.3) is 0 Å². The lowest BCUT2D eigenvalue weighted by molar-refractivity contribution is -0.135. The van der Waals surface area contributed by atoms with Crippen molar-refractivity contribution in [3.05, 3.63) is 11.7 Å². The summed E-state index contributed by atoms with van der Waals surface area (Å²) in [5.74, 6) is 1.47. The molecule has 1 aromatic heterocycles. The topological polar surface area (TPSA) is 97.7 Å². The Morgan fingerprint density at radius 2 is 2.14 bits per heavy atom. The van der Waals surface area contributed by atoms with Crippen LogP contribution in [0.1, 0.15) is 25.1 Å². The monoisotopic (exact) mass is 311 g/mol. The highest BCUT2D eigenvalue weighted by atomic mass is 16.5. The van der Waals surface area contributed by atoms with Gasteiger partial charge >= 0.3 is 0 Å². The molecule has 0 aromatic carbocycles. The molecule has 1 unspecified atom stereocenters. The molecule has 1 amide bonds. The van der Waals surface area contributed by atoms with Gasteiger partial charge in [0.25, 0.3) is 0 Å². The molecule has 0 spiro atoms. The van der Waals surface area contributed by atoms with Crippen LogP contribution in [0.4, 0.5) is 0 Å². The van der Waals surface area contributed by atoms with E-state index in [2.05, 4.69) is 15.0 Å². The summed E-state index contributed by atoms with van der Waals surface area (Å²) in [6.07, 6.45) is 0.895. The molecule has 0 saturated carbocycles. The molecule has 1 saturated heterocycles. The minimum Gasteiger partial charge on any atom is -0.380 e. The van der Waals surface area contributed by atoms with Gasteiger partial charge in [0.05, 0.1) is 19.1 Å². The summed E-state index contributed by atoms with van der Waals surface area (Å²) in [7, 11) is 1.58. The average Bonchev–Trinajstić information content (AvgIpc) is 3.00. The van der Waals surface area contributed by atoms with Crippen molar-refractivity contribution < 1.29 is 14.1 Å². The van der Waals surface area contributed by atoms with Crippen molar-refractivity contribution >= 4 is 5.91 Å². The normalized spacial score (nSPS) is 17.7. The fraction of sp³-hybridized carbons (Fsp3) is 0.786. The highest BCUT2D eigenvalue weighted by molar-refractivity contribution is 5.76. The van der Waals surface area contributed by atoms with Crippen LogP contribution in [0.3, 0.4) is 0 Å². The van der Waals surface area contributed by atoms with Crippen molar-refractivity contribution in [2.24, 2.45) is 5.73 Å². The minimum absolute atomic E-state index is 0.102. The summed E-state index contributed by atoms with van der Waals surface area (Å²) in [5, 5.41) is 3.96. The lowest BCUT2D eigenvalue weighted by atomic mass is 10.2. The van der Waals surface area contributed by atoms with Gasteiger partial charge < -0.3 is 19.9 Å². The summed E-state index contributed by atoms with van der Waals surface area (Å²) in [5.41, 5.74) is 5.56. The number of ether oxygens (including phenoxy) is 1. The van der Waals surface area contributed by atoms with E-state index in [1.807, 2.05) is 11.8 Å². The smallest absolute Gasteiger partial charge is 0.226 e. The van der Waals surface area contributed by atoms with Crippen molar-refractivity contribution in [1.82, 2.24) is 19.9 Å². The molecule has 22 heavy (non-hydrogen) atoms. The maximum absolute atomic E-state index is 12.2. The zero-order chi connectivity index (χ0) is 15.9. The third-order valence-corrected chi connectivity index (χ3v) is 3.90. The number of aromatic nitrogens is 2. The fourth-order valence-electron chi connectivity index (χ4n) is 2.44. The Balaban J connectivity index is 1.76. The largest absolute Gasteiger partial charge is 0.380 e. The summed E-state index contributed by atoms with van der Waals surface area (Å²) in [6.45, 7) is 6.03. The number of amides is 1. The first-order valence-corrected chi connectivity index (χ1v) is 7.70. The highest BCUT2D eigenvalue weighted by Gasteiger charge is 2.24. The zero-order valence-corrected chi connectivity index (χ0v) is 13.3. The Hall–Kier alpha value is -1.51. The second-order valence-electron chi connectivity index (χ2n) is 5.41. The quantitative estimate of drug-likeness (QED) is 0.734. The number of piperazine rings is 1. The van der Waals surface area contributed by atoms with Crippen LogP contribution in [0.15, 0.2) is 4.52 Å². The first kappa shape index (κ1) is 16.9. The van der Waals surface area contributed by atoms with Gasteiger partial charge in [-0.15, -0.1) is 0 Å². The summed E-state index contributed by atoms with van der Waals surface area (Å²) in [4.78, 5) is 20.6. The maximum Gasteiger partial charge on any atom is 0.226 e. The Morgan fingerprint density at radius 3 is 2.68 bits per heavy atom. The van der Waals surface area contributed by atoms with E-state index in [1.165, 1.54) is 0 Å².